The SMILES string of the molecule is O=C(O)C(=O)N(Cc1ccc2scnc2c1)C(C1CC1)C1CC1. The molecule has 4 rings (SSSR count). The number of hydrogen-bond acceptors (Lipinski definition) is 4. The van der Waals surface area contributed by atoms with Crippen LogP contribution < -0.4 is 0 Å². The molecule has 2 saturated carbocycles. The Balaban J connectivity index is 1.63. The van der Waals surface area contributed by atoms with E-state index in [4.69, 9.17) is 0 Å². The highest BCUT2D eigenvalue weighted by molar-refractivity contribution is 7.16. The molecule has 2 aromatic rings. The lowest BCUT2D eigenvalue weighted by molar-refractivity contribution is -0.158. The summed E-state index contributed by atoms with van der Waals surface area (Å²) in [5, 5.41) is 9.22. The number of carboxylic acid groups (broad SMARTS) is 1. The maximum absolute atomic E-state index is 12.3. The van der Waals surface area contributed by atoms with Gasteiger partial charge in [0.15, 0.2) is 0 Å². The Morgan fingerprint density at radius 1 is 1.26 bits per heavy atom. The van der Waals surface area contributed by atoms with E-state index < -0.39 is 11.9 Å². The summed E-state index contributed by atoms with van der Waals surface area (Å²) >= 11 is 1.58. The molecule has 1 N–H and O–H groups in total. The highest BCUT2D eigenvalue weighted by Crippen LogP contribution is 2.47. The van der Waals surface area contributed by atoms with Gasteiger partial charge in [-0.15, -0.1) is 11.3 Å². The highest BCUT2D eigenvalue weighted by atomic mass is 32.1. The molecule has 120 valence electrons. The van der Waals surface area contributed by atoms with Crippen LogP contribution in [0.2, 0.25) is 0 Å². The molecule has 1 amide bonds. The van der Waals surface area contributed by atoms with Crippen LogP contribution in [0.5, 0.6) is 0 Å². The summed E-state index contributed by atoms with van der Waals surface area (Å²) in [4.78, 5) is 29.5. The lowest BCUT2D eigenvalue weighted by Gasteiger charge is -2.31. The largest absolute Gasteiger partial charge is 0.474 e. The fourth-order valence-corrected chi connectivity index (χ4v) is 4.06. The Hall–Kier alpha value is -1.95. The van der Waals surface area contributed by atoms with Crippen LogP contribution in [0.4, 0.5) is 0 Å². The smallest absolute Gasteiger partial charge is 0.394 e. The van der Waals surface area contributed by atoms with Crippen LogP contribution in [0.25, 0.3) is 10.2 Å². The maximum Gasteiger partial charge on any atom is 0.394 e. The second-order valence-corrected chi connectivity index (χ2v) is 7.44. The lowest BCUT2D eigenvalue weighted by atomic mass is 10.0. The number of benzene rings is 1. The van der Waals surface area contributed by atoms with Crippen LogP contribution in [0.3, 0.4) is 0 Å². The summed E-state index contributed by atoms with van der Waals surface area (Å²) in [6, 6.07) is 6.02. The first-order valence-corrected chi connectivity index (χ1v) is 8.87. The van der Waals surface area contributed by atoms with Gasteiger partial charge in [0.1, 0.15) is 0 Å². The van der Waals surface area contributed by atoms with Crippen molar-refractivity contribution < 1.29 is 14.7 Å². The zero-order valence-electron chi connectivity index (χ0n) is 12.6. The van der Waals surface area contributed by atoms with E-state index in [1.165, 1.54) is 0 Å². The van der Waals surface area contributed by atoms with Crippen molar-refractivity contribution in [2.75, 3.05) is 0 Å². The summed E-state index contributed by atoms with van der Waals surface area (Å²) < 4.78 is 1.10. The van der Waals surface area contributed by atoms with E-state index in [1.807, 2.05) is 18.2 Å². The molecule has 0 unspecified atom stereocenters. The number of thiazole rings is 1. The van der Waals surface area contributed by atoms with Gasteiger partial charge in [-0.1, -0.05) is 6.07 Å². The molecule has 2 aliphatic carbocycles. The quantitative estimate of drug-likeness (QED) is 0.856. The van der Waals surface area contributed by atoms with E-state index in [9.17, 15) is 14.7 Å². The third-order valence-corrected chi connectivity index (χ3v) is 5.57. The third kappa shape index (κ3) is 2.95. The van der Waals surface area contributed by atoms with Crippen molar-refractivity contribution in [3.63, 3.8) is 0 Å². The Labute approximate surface area is 137 Å². The predicted octanol–water partition coefficient (Wildman–Crippen LogP) is 2.90. The van der Waals surface area contributed by atoms with Gasteiger partial charge in [0.2, 0.25) is 0 Å². The van der Waals surface area contributed by atoms with E-state index in [-0.39, 0.29) is 6.04 Å². The minimum Gasteiger partial charge on any atom is -0.474 e. The van der Waals surface area contributed by atoms with Crippen LogP contribution in [0.1, 0.15) is 31.2 Å². The lowest BCUT2D eigenvalue weighted by Crippen LogP contribution is -2.45. The van der Waals surface area contributed by atoms with Crippen LogP contribution in [-0.2, 0) is 16.1 Å². The molecular formula is C17H18N2O3S. The van der Waals surface area contributed by atoms with Gasteiger partial charge in [0.25, 0.3) is 0 Å². The molecule has 0 bridgehead atoms. The average molecular weight is 330 g/mol. The Morgan fingerprint density at radius 3 is 2.57 bits per heavy atom. The summed E-state index contributed by atoms with van der Waals surface area (Å²) in [6.07, 6.45) is 4.43. The first kappa shape index (κ1) is 14.6. The van der Waals surface area contributed by atoms with Crippen LogP contribution in [-0.4, -0.2) is 32.9 Å². The number of carbonyl (C=O) groups excluding carboxylic acids is 1. The molecule has 2 fully saturated rings. The van der Waals surface area contributed by atoms with E-state index >= 15 is 0 Å². The number of amides is 1. The van der Waals surface area contributed by atoms with Crippen molar-refractivity contribution in [1.82, 2.24) is 9.88 Å². The minimum absolute atomic E-state index is 0.0877. The fourth-order valence-electron chi connectivity index (χ4n) is 3.40. The molecule has 0 aliphatic heterocycles. The number of carboxylic acids is 1. The number of carbonyl (C=O) groups is 2. The number of aromatic nitrogens is 1. The molecule has 23 heavy (non-hydrogen) atoms. The van der Waals surface area contributed by atoms with Gasteiger partial charge < -0.3 is 10.0 Å². The zero-order chi connectivity index (χ0) is 16.0. The van der Waals surface area contributed by atoms with E-state index in [1.54, 1.807) is 21.7 Å². The predicted molar refractivity (Wildman–Crippen MR) is 87.0 cm³/mol. The first-order valence-electron chi connectivity index (χ1n) is 7.99. The first-order chi connectivity index (χ1) is 11.1. The van der Waals surface area contributed by atoms with Gasteiger partial charge >= 0.3 is 11.9 Å². The Morgan fingerprint density at radius 2 is 1.96 bits per heavy atom. The highest BCUT2D eigenvalue weighted by Gasteiger charge is 2.47. The molecule has 6 heteroatoms. The van der Waals surface area contributed by atoms with Gasteiger partial charge in [0.05, 0.1) is 15.7 Å². The van der Waals surface area contributed by atoms with Crippen molar-refractivity contribution in [1.29, 1.82) is 0 Å². The molecule has 2 aliphatic rings. The second-order valence-electron chi connectivity index (χ2n) is 6.56. The van der Waals surface area contributed by atoms with E-state index in [2.05, 4.69) is 4.98 Å². The van der Waals surface area contributed by atoms with Crippen molar-refractivity contribution in [3.05, 3.63) is 29.3 Å². The molecule has 1 aromatic heterocycles. The summed E-state index contributed by atoms with van der Waals surface area (Å²) in [7, 11) is 0. The normalized spacial score (nSPS) is 17.6. The molecule has 0 saturated heterocycles. The molecule has 0 spiro atoms. The van der Waals surface area contributed by atoms with E-state index in [0.717, 1.165) is 41.5 Å². The molecular weight excluding hydrogens is 312 g/mol. The number of rotatable bonds is 5. The van der Waals surface area contributed by atoms with Gasteiger partial charge in [-0.25, -0.2) is 9.78 Å². The standard InChI is InChI=1S/C17H18N2O3S/c20-16(17(21)22)19(15(11-2-3-11)12-4-5-12)8-10-1-6-14-13(7-10)18-9-23-14/h1,6-7,9,11-12,15H,2-5,8H2,(H,21,22). The van der Waals surface area contributed by atoms with Crippen LogP contribution >= 0.6 is 11.3 Å². The molecule has 1 heterocycles. The van der Waals surface area contributed by atoms with Gasteiger partial charge in [-0.3, -0.25) is 4.79 Å². The van der Waals surface area contributed by atoms with Gasteiger partial charge in [0, 0.05) is 12.6 Å². The minimum atomic E-state index is -1.36. The third-order valence-electron chi connectivity index (χ3n) is 4.76. The topological polar surface area (TPSA) is 70.5 Å². The molecule has 0 radical (unpaired) electrons. The van der Waals surface area contributed by atoms with Crippen molar-refractivity contribution in [2.45, 2.75) is 38.3 Å². The zero-order valence-corrected chi connectivity index (χ0v) is 13.5. The summed E-state index contributed by atoms with van der Waals surface area (Å²) in [6.45, 7) is 0.357. The fraction of sp³-hybridized carbons (Fsp3) is 0.471. The van der Waals surface area contributed by atoms with Crippen LogP contribution in [0.15, 0.2) is 23.7 Å². The Bertz CT molecular complexity index is 752. The van der Waals surface area contributed by atoms with Crippen molar-refractivity contribution in [2.24, 2.45) is 11.8 Å². The summed E-state index contributed by atoms with van der Waals surface area (Å²) in [5.74, 6) is -1.17. The maximum atomic E-state index is 12.3. The molecule has 5 nitrogen and oxygen atoms in total. The summed E-state index contributed by atoms with van der Waals surface area (Å²) in [5.41, 5.74) is 3.65. The van der Waals surface area contributed by atoms with Gasteiger partial charge in [-0.05, 0) is 55.2 Å². The van der Waals surface area contributed by atoms with Crippen molar-refractivity contribution in [3.8, 4) is 0 Å². The van der Waals surface area contributed by atoms with E-state index in [0.29, 0.717) is 18.4 Å². The number of fused-ring (bicyclic) bond motifs is 1. The number of hydrogen-bond donors (Lipinski definition) is 1. The molecule has 0 atom stereocenters. The molecule has 1 aromatic carbocycles. The van der Waals surface area contributed by atoms with Crippen LogP contribution in [0, 0.1) is 11.8 Å². The number of aliphatic carboxylic acids is 1. The number of nitrogens with zero attached hydrogens (tertiary/aromatic N) is 2. The Kier molecular flexibility index (Phi) is 3.56. The van der Waals surface area contributed by atoms with Crippen molar-refractivity contribution >= 4 is 33.4 Å². The van der Waals surface area contributed by atoms with Gasteiger partial charge in [-0.2, -0.15) is 0 Å². The average Bonchev–Trinajstić information content (AvgIpc) is 3.46. The second kappa shape index (κ2) is 5.60. The monoisotopic (exact) mass is 330 g/mol.